The SMILES string of the molecule is CCNC(=NCc1cc(Cl)c2c(c1)OCCO2)N1CCOC(COC)C1. The smallest absolute Gasteiger partial charge is 0.194 e. The first-order valence-corrected chi connectivity index (χ1v) is 9.31. The molecule has 2 heterocycles. The number of halogens is 1. The van der Waals surface area contributed by atoms with Gasteiger partial charge in [-0.2, -0.15) is 0 Å². The summed E-state index contributed by atoms with van der Waals surface area (Å²) in [6, 6.07) is 3.83. The summed E-state index contributed by atoms with van der Waals surface area (Å²) < 4.78 is 22.1. The fourth-order valence-electron chi connectivity index (χ4n) is 3.05. The fourth-order valence-corrected chi connectivity index (χ4v) is 3.33. The summed E-state index contributed by atoms with van der Waals surface area (Å²) in [6.45, 7) is 7.21. The summed E-state index contributed by atoms with van der Waals surface area (Å²) in [5, 5.41) is 3.91. The minimum absolute atomic E-state index is 0.0568. The molecule has 1 fully saturated rings. The molecule has 1 unspecified atom stereocenters. The summed E-state index contributed by atoms with van der Waals surface area (Å²) >= 11 is 6.32. The molecule has 0 aliphatic carbocycles. The van der Waals surface area contributed by atoms with Crippen molar-refractivity contribution in [3.63, 3.8) is 0 Å². The summed E-state index contributed by atoms with van der Waals surface area (Å²) in [4.78, 5) is 6.98. The number of aliphatic imine (C=N–C) groups is 1. The van der Waals surface area contributed by atoms with Crippen molar-refractivity contribution in [3.8, 4) is 11.5 Å². The van der Waals surface area contributed by atoms with Gasteiger partial charge in [0.25, 0.3) is 0 Å². The van der Waals surface area contributed by atoms with Gasteiger partial charge in [-0.25, -0.2) is 4.99 Å². The van der Waals surface area contributed by atoms with E-state index in [-0.39, 0.29) is 6.10 Å². The van der Waals surface area contributed by atoms with Gasteiger partial charge in [0.2, 0.25) is 0 Å². The fraction of sp³-hybridized carbons (Fsp3) is 0.611. The van der Waals surface area contributed by atoms with Crippen molar-refractivity contribution in [2.24, 2.45) is 4.99 Å². The van der Waals surface area contributed by atoms with Crippen LogP contribution in [0.3, 0.4) is 0 Å². The molecular weight excluding hydrogens is 358 g/mol. The summed E-state index contributed by atoms with van der Waals surface area (Å²) in [5.74, 6) is 2.17. The molecule has 1 aromatic carbocycles. The first-order valence-electron chi connectivity index (χ1n) is 8.93. The van der Waals surface area contributed by atoms with E-state index in [2.05, 4.69) is 17.1 Å². The highest BCUT2D eigenvalue weighted by molar-refractivity contribution is 6.32. The van der Waals surface area contributed by atoms with E-state index < -0.39 is 0 Å². The zero-order chi connectivity index (χ0) is 18.4. The minimum Gasteiger partial charge on any atom is -0.486 e. The highest BCUT2D eigenvalue weighted by atomic mass is 35.5. The topological polar surface area (TPSA) is 64.6 Å². The second kappa shape index (κ2) is 9.30. The number of ether oxygens (including phenoxy) is 4. The maximum atomic E-state index is 6.32. The van der Waals surface area contributed by atoms with Gasteiger partial charge in [0.05, 0.1) is 30.9 Å². The Labute approximate surface area is 159 Å². The lowest BCUT2D eigenvalue weighted by molar-refractivity contribution is -0.0447. The Kier molecular flexibility index (Phi) is 6.82. The van der Waals surface area contributed by atoms with E-state index >= 15 is 0 Å². The molecule has 3 rings (SSSR count). The van der Waals surface area contributed by atoms with E-state index in [0.717, 1.165) is 31.2 Å². The highest BCUT2D eigenvalue weighted by Crippen LogP contribution is 2.38. The van der Waals surface area contributed by atoms with Crippen LogP contribution >= 0.6 is 11.6 Å². The standard InChI is InChI=1S/C18H26ClN3O4/c1-3-20-18(22-4-5-24-14(11-22)12-23-2)21-10-13-8-15(19)17-16(9-13)25-6-7-26-17/h8-9,14H,3-7,10-12H2,1-2H3,(H,20,21). The van der Waals surface area contributed by atoms with E-state index in [1.54, 1.807) is 7.11 Å². The number of nitrogens with one attached hydrogen (secondary N) is 1. The van der Waals surface area contributed by atoms with Gasteiger partial charge < -0.3 is 29.2 Å². The van der Waals surface area contributed by atoms with Crippen LogP contribution in [0.4, 0.5) is 0 Å². The normalized spacial score (nSPS) is 20.2. The largest absolute Gasteiger partial charge is 0.486 e. The van der Waals surface area contributed by atoms with Crippen LogP contribution in [-0.2, 0) is 16.0 Å². The Morgan fingerprint density at radius 1 is 1.35 bits per heavy atom. The molecule has 1 aromatic rings. The van der Waals surface area contributed by atoms with E-state index in [1.165, 1.54) is 0 Å². The lowest BCUT2D eigenvalue weighted by Gasteiger charge is -2.34. The van der Waals surface area contributed by atoms with Crippen LogP contribution in [0.25, 0.3) is 0 Å². The average Bonchev–Trinajstić information content (AvgIpc) is 2.66. The lowest BCUT2D eigenvalue weighted by atomic mass is 10.2. The third kappa shape index (κ3) is 4.72. The predicted octanol–water partition coefficient (Wildman–Crippen LogP) is 1.92. The van der Waals surface area contributed by atoms with Crippen molar-refractivity contribution in [1.29, 1.82) is 0 Å². The Bertz CT molecular complexity index is 639. The highest BCUT2D eigenvalue weighted by Gasteiger charge is 2.23. The maximum Gasteiger partial charge on any atom is 0.194 e. The van der Waals surface area contributed by atoms with Crippen LogP contribution in [0.5, 0.6) is 11.5 Å². The number of hydrogen-bond donors (Lipinski definition) is 1. The number of methoxy groups -OCH3 is 1. The van der Waals surface area contributed by atoms with Crippen molar-refractivity contribution in [1.82, 2.24) is 10.2 Å². The number of hydrogen-bond acceptors (Lipinski definition) is 5. The quantitative estimate of drug-likeness (QED) is 0.619. The number of nitrogens with zero attached hydrogens (tertiary/aromatic N) is 2. The molecule has 144 valence electrons. The molecule has 8 heteroatoms. The minimum atomic E-state index is 0.0568. The first-order chi connectivity index (χ1) is 12.7. The molecule has 0 saturated carbocycles. The van der Waals surface area contributed by atoms with Gasteiger partial charge in [-0.15, -0.1) is 0 Å². The molecule has 0 spiro atoms. The van der Waals surface area contributed by atoms with Gasteiger partial charge in [-0.3, -0.25) is 0 Å². The van der Waals surface area contributed by atoms with Crippen LogP contribution in [0.1, 0.15) is 12.5 Å². The lowest BCUT2D eigenvalue weighted by Crippen LogP contribution is -2.51. The van der Waals surface area contributed by atoms with Crippen LogP contribution in [0, 0.1) is 0 Å². The summed E-state index contributed by atoms with van der Waals surface area (Å²) in [6.07, 6.45) is 0.0568. The molecule has 1 N–H and O–H groups in total. The van der Waals surface area contributed by atoms with Crippen molar-refractivity contribution >= 4 is 17.6 Å². The third-order valence-electron chi connectivity index (χ3n) is 4.19. The van der Waals surface area contributed by atoms with E-state index in [1.807, 2.05) is 12.1 Å². The number of fused-ring (bicyclic) bond motifs is 1. The van der Waals surface area contributed by atoms with Gasteiger partial charge in [-0.1, -0.05) is 11.6 Å². The molecule has 1 atom stereocenters. The monoisotopic (exact) mass is 383 g/mol. The summed E-state index contributed by atoms with van der Waals surface area (Å²) in [7, 11) is 1.69. The van der Waals surface area contributed by atoms with Gasteiger partial charge in [0, 0.05) is 26.7 Å². The van der Waals surface area contributed by atoms with Gasteiger partial charge in [-0.05, 0) is 24.6 Å². The molecular formula is C18H26ClN3O4. The molecule has 0 radical (unpaired) electrons. The van der Waals surface area contributed by atoms with Crippen LogP contribution in [-0.4, -0.2) is 70.1 Å². The third-order valence-corrected chi connectivity index (χ3v) is 4.47. The van der Waals surface area contributed by atoms with Crippen molar-refractivity contribution in [2.75, 3.05) is 53.2 Å². The van der Waals surface area contributed by atoms with Crippen LogP contribution < -0.4 is 14.8 Å². The zero-order valence-corrected chi connectivity index (χ0v) is 16.1. The molecule has 0 amide bonds. The van der Waals surface area contributed by atoms with Crippen molar-refractivity contribution in [2.45, 2.75) is 19.6 Å². The van der Waals surface area contributed by atoms with Gasteiger partial charge in [0.15, 0.2) is 17.5 Å². The second-order valence-electron chi connectivity index (χ2n) is 6.17. The number of morpholine rings is 1. The predicted molar refractivity (Wildman–Crippen MR) is 100 cm³/mol. The molecule has 1 saturated heterocycles. The maximum absolute atomic E-state index is 6.32. The van der Waals surface area contributed by atoms with Crippen LogP contribution in [0.15, 0.2) is 17.1 Å². The van der Waals surface area contributed by atoms with Crippen molar-refractivity contribution < 1.29 is 18.9 Å². The number of rotatable bonds is 5. The zero-order valence-electron chi connectivity index (χ0n) is 15.3. The molecule has 26 heavy (non-hydrogen) atoms. The molecule has 2 aliphatic heterocycles. The van der Waals surface area contributed by atoms with Crippen LogP contribution in [0.2, 0.25) is 5.02 Å². The van der Waals surface area contributed by atoms with Gasteiger partial charge >= 0.3 is 0 Å². The van der Waals surface area contributed by atoms with E-state index in [9.17, 15) is 0 Å². The Morgan fingerprint density at radius 3 is 3.00 bits per heavy atom. The molecule has 0 aromatic heterocycles. The average molecular weight is 384 g/mol. The van der Waals surface area contributed by atoms with Crippen molar-refractivity contribution in [3.05, 3.63) is 22.7 Å². The molecule has 7 nitrogen and oxygen atoms in total. The Morgan fingerprint density at radius 2 is 2.19 bits per heavy atom. The number of benzene rings is 1. The van der Waals surface area contributed by atoms with E-state index in [4.69, 9.17) is 35.5 Å². The number of guanidine groups is 1. The molecule has 2 aliphatic rings. The van der Waals surface area contributed by atoms with E-state index in [0.29, 0.717) is 49.5 Å². The molecule has 0 bridgehead atoms. The summed E-state index contributed by atoms with van der Waals surface area (Å²) in [5.41, 5.74) is 0.983. The Hall–Kier alpha value is -1.70. The Balaban J connectivity index is 1.72. The second-order valence-corrected chi connectivity index (χ2v) is 6.57. The van der Waals surface area contributed by atoms with Gasteiger partial charge in [0.1, 0.15) is 13.2 Å². The first kappa shape index (κ1) is 19.1.